The standard InChI is InChI=1S/C26H24BrN7O4/c27-19-2-1-3-20(31-19)32-26(38)18-10-14-9-17(14)34(18)21(35)11-33-16-6-4-13(5-7-22(36)37)8-15(16)23-24(28)29-12-30-25(23)33/h1-4,6,8,12,14,17-18H,5,7,9-11H2,(H,36,37)(H2,28,29,30)(H,31,32,38)/t14-,17?,18+/m1/s1. The maximum Gasteiger partial charge on any atom is 0.303 e. The number of carboxylic acids is 1. The Morgan fingerprint density at radius 3 is 2.79 bits per heavy atom. The van der Waals surface area contributed by atoms with Crippen molar-refractivity contribution in [1.29, 1.82) is 0 Å². The highest BCUT2D eigenvalue weighted by Crippen LogP contribution is 2.48. The van der Waals surface area contributed by atoms with Crippen LogP contribution in [0.25, 0.3) is 21.9 Å². The van der Waals surface area contributed by atoms with Crippen LogP contribution in [0.4, 0.5) is 11.6 Å². The van der Waals surface area contributed by atoms with Crippen LogP contribution in [0.2, 0.25) is 0 Å². The van der Waals surface area contributed by atoms with Crippen molar-refractivity contribution < 1.29 is 19.5 Å². The third-order valence-electron chi connectivity index (χ3n) is 7.32. The summed E-state index contributed by atoms with van der Waals surface area (Å²) in [6.45, 7) is -0.0208. The van der Waals surface area contributed by atoms with Crippen molar-refractivity contribution in [2.24, 2.45) is 5.92 Å². The molecule has 4 aromatic rings. The second-order valence-electron chi connectivity index (χ2n) is 9.74. The van der Waals surface area contributed by atoms with Gasteiger partial charge in [-0.15, -0.1) is 0 Å². The van der Waals surface area contributed by atoms with E-state index >= 15 is 0 Å². The van der Waals surface area contributed by atoms with E-state index in [-0.39, 0.29) is 36.6 Å². The molecule has 3 aromatic heterocycles. The molecule has 0 radical (unpaired) electrons. The molecule has 4 heterocycles. The first kappa shape index (κ1) is 24.3. The molecule has 0 spiro atoms. The molecule has 38 heavy (non-hydrogen) atoms. The van der Waals surface area contributed by atoms with Gasteiger partial charge in [-0.25, -0.2) is 15.0 Å². The molecular weight excluding hydrogens is 554 g/mol. The topological polar surface area (TPSA) is 156 Å². The van der Waals surface area contributed by atoms with Gasteiger partial charge in [0, 0.05) is 17.8 Å². The molecule has 2 amide bonds. The van der Waals surface area contributed by atoms with Crippen molar-refractivity contribution in [2.45, 2.75) is 44.3 Å². The Morgan fingerprint density at radius 2 is 2.00 bits per heavy atom. The smallest absolute Gasteiger partial charge is 0.303 e. The number of fused-ring (bicyclic) bond motifs is 4. The molecule has 1 aliphatic heterocycles. The van der Waals surface area contributed by atoms with E-state index in [0.717, 1.165) is 22.9 Å². The lowest BCUT2D eigenvalue weighted by atomic mass is 10.1. The zero-order valence-corrected chi connectivity index (χ0v) is 21.8. The molecule has 194 valence electrons. The molecule has 0 bridgehead atoms. The number of anilines is 2. The molecule has 6 rings (SSSR count). The van der Waals surface area contributed by atoms with Crippen molar-refractivity contribution in [2.75, 3.05) is 11.1 Å². The van der Waals surface area contributed by atoms with E-state index in [4.69, 9.17) is 10.8 Å². The minimum atomic E-state index is -0.876. The summed E-state index contributed by atoms with van der Waals surface area (Å²) in [5.74, 6) is -0.289. The average Bonchev–Trinajstić information content (AvgIpc) is 3.43. The minimum absolute atomic E-state index is 0.00500. The predicted octanol–water partition coefficient (Wildman–Crippen LogP) is 2.97. The minimum Gasteiger partial charge on any atom is -0.481 e. The van der Waals surface area contributed by atoms with E-state index in [1.807, 2.05) is 18.2 Å². The monoisotopic (exact) mass is 577 g/mol. The van der Waals surface area contributed by atoms with Gasteiger partial charge >= 0.3 is 5.97 Å². The third-order valence-corrected chi connectivity index (χ3v) is 7.76. The van der Waals surface area contributed by atoms with Crippen LogP contribution in [-0.2, 0) is 27.3 Å². The summed E-state index contributed by atoms with van der Waals surface area (Å²) in [4.78, 5) is 52.5. The number of hydrogen-bond donors (Lipinski definition) is 3. The Hall–Kier alpha value is -4.06. The molecule has 4 N–H and O–H groups in total. The number of piperidine rings is 1. The van der Waals surface area contributed by atoms with E-state index in [0.29, 0.717) is 40.2 Å². The van der Waals surface area contributed by atoms with E-state index in [2.05, 4.69) is 36.2 Å². The number of nitrogens with one attached hydrogen (secondary N) is 1. The zero-order chi connectivity index (χ0) is 26.6. The summed E-state index contributed by atoms with van der Waals surface area (Å²) in [6, 6.07) is 10.3. The summed E-state index contributed by atoms with van der Waals surface area (Å²) in [7, 11) is 0. The molecule has 1 aromatic carbocycles. The number of carbonyl (C=O) groups is 3. The fraction of sp³-hybridized carbons (Fsp3) is 0.308. The van der Waals surface area contributed by atoms with E-state index < -0.39 is 12.0 Å². The van der Waals surface area contributed by atoms with Crippen molar-refractivity contribution in [1.82, 2.24) is 24.4 Å². The molecule has 3 atom stereocenters. The molecule has 12 heteroatoms. The number of aliphatic carboxylic acids is 1. The molecule has 2 aliphatic rings. The van der Waals surface area contributed by atoms with Crippen LogP contribution < -0.4 is 11.1 Å². The largest absolute Gasteiger partial charge is 0.481 e. The molecule has 1 aliphatic carbocycles. The zero-order valence-electron chi connectivity index (χ0n) is 20.2. The number of likely N-dealkylation sites (tertiary alicyclic amines) is 1. The first-order valence-electron chi connectivity index (χ1n) is 12.3. The van der Waals surface area contributed by atoms with Crippen molar-refractivity contribution in [3.8, 4) is 0 Å². The second kappa shape index (κ2) is 9.35. The van der Waals surface area contributed by atoms with Gasteiger partial charge < -0.3 is 25.6 Å². The highest BCUT2D eigenvalue weighted by molar-refractivity contribution is 9.10. The summed E-state index contributed by atoms with van der Waals surface area (Å²) >= 11 is 3.31. The fourth-order valence-corrected chi connectivity index (χ4v) is 5.85. The van der Waals surface area contributed by atoms with Crippen LogP contribution in [-0.4, -0.2) is 59.4 Å². The normalized spacial score (nSPS) is 20.0. The first-order valence-corrected chi connectivity index (χ1v) is 13.1. The van der Waals surface area contributed by atoms with Gasteiger partial charge in [-0.05, 0) is 70.9 Å². The third kappa shape index (κ3) is 4.34. The number of nitrogen functional groups attached to an aromatic ring is 1. The number of halogens is 1. The number of amides is 2. The number of carboxylic acid groups (broad SMARTS) is 1. The van der Waals surface area contributed by atoms with Gasteiger partial charge in [-0.2, -0.15) is 0 Å². The van der Waals surface area contributed by atoms with Crippen LogP contribution in [0, 0.1) is 5.92 Å². The lowest BCUT2D eigenvalue weighted by Crippen LogP contribution is -2.46. The first-order chi connectivity index (χ1) is 18.3. The number of aromatic nitrogens is 4. The van der Waals surface area contributed by atoms with Gasteiger partial charge in [0.2, 0.25) is 11.8 Å². The van der Waals surface area contributed by atoms with Gasteiger partial charge in [-0.1, -0.05) is 12.1 Å². The van der Waals surface area contributed by atoms with Crippen LogP contribution in [0.1, 0.15) is 24.8 Å². The van der Waals surface area contributed by atoms with Crippen molar-refractivity contribution >= 4 is 67.3 Å². The lowest BCUT2D eigenvalue weighted by molar-refractivity contribution is -0.138. The highest BCUT2D eigenvalue weighted by atomic mass is 79.9. The summed E-state index contributed by atoms with van der Waals surface area (Å²) in [5.41, 5.74) is 8.32. The number of rotatable bonds is 7. The van der Waals surface area contributed by atoms with Gasteiger partial charge in [-0.3, -0.25) is 14.4 Å². The maximum atomic E-state index is 13.7. The Bertz CT molecular complexity index is 1620. The molecular formula is C26H24BrN7O4. The van der Waals surface area contributed by atoms with Gasteiger partial charge in [0.15, 0.2) is 0 Å². The van der Waals surface area contributed by atoms with Crippen molar-refractivity contribution in [3.63, 3.8) is 0 Å². The van der Waals surface area contributed by atoms with E-state index in [9.17, 15) is 14.4 Å². The van der Waals surface area contributed by atoms with Gasteiger partial charge in [0.1, 0.15) is 40.8 Å². The number of nitrogens with two attached hydrogens (primary N) is 1. The SMILES string of the molecule is Nc1ncnc2c1c1cc(CCC(=O)O)ccc1n2CC(=O)N1C2C[C@@H]2C[C@H]1C(=O)Nc1cccc(Br)n1. The molecule has 11 nitrogen and oxygen atoms in total. The molecule has 1 saturated heterocycles. The van der Waals surface area contributed by atoms with Crippen LogP contribution in [0.15, 0.2) is 47.3 Å². The number of nitrogens with zero attached hydrogens (tertiary/aromatic N) is 5. The molecule has 1 unspecified atom stereocenters. The van der Waals surface area contributed by atoms with Gasteiger partial charge in [0.25, 0.3) is 0 Å². The van der Waals surface area contributed by atoms with Crippen LogP contribution in [0.5, 0.6) is 0 Å². The second-order valence-corrected chi connectivity index (χ2v) is 10.6. The number of pyridine rings is 1. The Labute approximate surface area is 225 Å². The average molecular weight is 578 g/mol. The lowest BCUT2D eigenvalue weighted by Gasteiger charge is -2.27. The number of benzene rings is 1. The Balaban J connectivity index is 1.31. The Kier molecular flexibility index (Phi) is 5.98. The number of hydrogen-bond acceptors (Lipinski definition) is 7. The summed E-state index contributed by atoms with van der Waals surface area (Å²) in [5, 5.41) is 13.3. The van der Waals surface area contributed by atoms with Crippen LogP contribution in [0.3, 0.4) is 0 Å². The summed E-state index contributed by atoms with van der Waals surface area (Å²) in [6.07, 6.45) is 3.23. The Morgan fingerprint density at radius 1 is 1.16 bits per heavy atom. The van der Waals surface area contributed by atoms with Gasteiger partial charge in [0.05, 0.1) is 10.9 Å². The number of carbonyl (C=O) groups excluding carboxylic acids is 2. The van der Waals surface area contributed by atoms with Crippen LogP contribution >= 0.6 is 15.9 Å². The summed E-state index contributed by atoms with van der Waals surface area (Å²) < 4.78 is 2.41. The quantitative estimate of drug-likeness (QED) is 0.283. The number of aryl methyl sites for hydroxylation is 1. The molecule has 1 saturated carbocycles. The van der Waals surface area contributed by atoms with E-state index in [1.54, 1.807) is 27.7 Å². The van der Waals surface area contributed by atoms with E-state index in [1.165, 1.54) is 6.33 Å². The fourth-order valence-electron chi connectivity index (χ4n) is 5.51. The molecule has 2 fully saturated rings. The van der Waals surface area contributed by atoms with Crippen molar-refractivity contribution in [3.05, 3.63) is 52.9 Å². The highest BCUT2D eigenvalue weighted by Gasteiger charge is 2.56. The predicted molar refractivity (Wildman–Crippen MR) is 143 cm³/mol. The maximum absolute atomic E-state index is 13.7.